The topological polar surface area (TPSA) is 59.8 Å². The Morgan fingerprint density at radius 1 is 1.13 bits per heavy atom. The molecule has 0 radical (unpaired) electrons. The van der Waals surface area contributed by atoms with Gasteiger partial charge in [0.05, 0.1) is 16.9 Å². The summed E-state index contributed by atoms with van der Waals surface area (Å²) in [5, 5.41) is 7.51. The van der Waals surface area contributed by atoms with Crippen molar-refractivity contribution in [1.29, 1.82) is 0 Å². The molecule has 0 fully saturated rings. The van der Waals surface area contributed by atoms with E-state index in [1.54, 1.807) is 24.5 Å². The Labute approximate surface area is 135 Å². The Balaban J connectivity index is 1.79. The third kappa shape index (κ3) is 3.13. The fourth-order valence-corrected chi connectivity index (χ4v) is 2.52. The van der Waals surface area contributed by atoms with Gasteiger partial charge >= 0.3 is 0 Å². The molecule has 0 aliphatic carbocycles. The smallest absolute Gasteiger partial charge is 0.253 e. The molecule has 5 nitrogen and oxygen atoms in total. The number of rotatable bonds is 4. The van der Waals surface area contributed by atoms with Crippen molar-refractivity contribution in [3.05, 3.63) is 77.4 Å². The second kappa shape index (κ2) is 6.44. The average molecular weight is 306 g/mol. The van der Waals surface area contributed by atoms with Crippen molar-refractivity contribution in [2.24, 2.45) is 0 Å². The minimum absolute atomic E-state index is 0.135. The molecule has 0 spiro atoms. The van der Waals surface area contributed by atoms with E-state index in [2.05, 4.69) is 15.4 Å². The van der Waals surface area contributed by atoms with Crippen LogP contribution in [-0.2, 0) is 6.54 Å². The molecule has 1 amide bonds. The van der Waals surface area contributed by atoms with Crippen LogP contribution in [0, 0.1) is 13.8 Å². The van der Waals surface area contributed by atoms with Gasteiger partial charge in [-0.05, 0) is 38.1 Å². The van der Waals surface area contributed by atoms with Crippen LogP contribution in [-0.4, -0.2) is 20.7 Å². The Kier molecular flexibility index (Phi) is 4.19. The van der Waals surface area contributed by atoms with Crippen LogP contribution in [0.4, 0.5) is 0 Å². The molecule has 0 saturated heterocycles. The van der Waals surface area contributed by atoms with Gasteiger partial charge in [-0.3, -0.25) is 9.78 Å². The number of aromatic nitrogens is 3. The number of nitrogens with one attached hydrogen (secondary N) is 1. The Bertz CT molecular complexity index is 810. The molecule has 3 rings (SSSR count). The molecule has 0 unspecified atom stereocenters. The molecular formula is C18H18N4O. The summed E-state index contributed by atoms with van der Waals surface area (Å²) >= 11 is 0. The molecule has 0 bridgehead atoms. The molecule has 0 aliphatic rings. The van der Waals surface area contributed by atoms with Crippen LogP contribution >= 0.6 is 0 Å². The first kappa shape index (κ1) is 15.0. The first-order valence-corrected chi connectivity index (χ1v) is 7.45. The molecule has 23 heavy (non-hydrogen) atoms. The lowest BCUT2D eigenvalue weighted by molar-refractivity contribution is 0.0950. The molecule has 1 N–H and O–H groups in total. The fourth-order valence-electron chi connectivity index (χ4n) is 2.52. The second-order valence-corrected chi connectivity index (χ2v) is 5.32. The van der Waals surface area contributed by atoms with E-state index in [0.717, 1.165) is 22.6 Å². The Morgan fingerprint density at radius 3 is 2.61 bits per heavy atom. The summed E-state index contributed by atoms with van der Waals surface area (Å²) in [5.41, 5.74) is 4.54. The lowest BCUT2D eigenvalue weighted by atomic mass is 10.2. The van der Waals surface area contributed by atoms with Gasteiger partial charge in [-0.25, -0.2) is 4.68 Å². The van der Waals surface area contributed by atoms with Crippen molar-refractivity contribution >= 4 is 5.91 Å². The highest BCUT2D eigenvalue weighted by molar-refractivity contribution is 5.93. The monoisotopic (exact) mass is 306 g/mol. The summed E-state index contributed by atoms with van der Waals surface area (Å²) < 4.78 is 1.90. The van der Waals surface area contributed by atoms with E-state index < -0.39 is 0 Å². The van der Waals surface area contributed by atoms with Crippen LogP contribution in [0.1, 0.15) is 27.3 Å². The number of aryl methyl sites for hydroxylation is 1. The van der Waals surface area contributed by atoms with Gasteiger partial charge in [-0.1, -0.05) is 18.2 Å². The highest BCUT2D eigenvalue weighted by Crippen LogP contribution is 2.17. The lowest BCUT2D eigenvalue weighted by Gasteiger charge is -2.07. The van der Waals surface area contributed by atoms with E-state index in [1.165, 1.54) is 0 Å². The molecule has 0 saturated carbocycles. The van der Waals surface area contributed by atoms with E-state index in [1.807, 2.05) is 48.9 Å². The van der Waals surface area contributed by atoms with Crippen molar-refractivity contribution in [2.75, 3.05) is 0 Å². The normalized spacial score (nSPS) is 10.5. The minimum Gasteiger partial charge on any atom is -0.348 e. The number of carbonyl (C=O) groups is 1. The minimum atomic E-state index is -0.135. The van der Waals surface area contributed by atoms with Crippen molar-refractivity contribution in [1.82, 2.24) is 20.1 Å². The third-order valence-electron chi connectivity index (χ3n) is 3.79. The lowest BCUT2D eigenvalue weighted by Crippen LogP contribution is -2.23. The molecule has 2 aromatic heterocycles. The van der Waals surface area contributed by atoms with Gasteiger partial charge in [0, 0.05) is 30.2 Å². The summed E-state index contributed by atoms with van der Waals surface area (Å²) in [6.45, 7) is 4.41. The molecular weight excluding hydrogens is 288 g/mol. The van der Waals surface area contributed by atoms with Crippen LogP contribution in [0.15, 0.2) is 54.9 Å². The van der Waals surface area contributed by atoms with E-state index in [-0.39, 0.29) is 5.91 Å². The molecule has 0 aliphatic heterocycles. The number of carbonyl (C=O) groups excluding carboxylic acids is 1. The summed E-state index contributed by atoms with van der Waals surface area (Å²) in [4.78, 5) is 16.1. The van der Waals surface area contributed by atoms with Crippen LogP contribution in [0.5, 0.6) is 0 Å². The second-order valence-electron chi connectivity index (χ2n) is 5.32. The predicted molar refractivity (Wildman–Crippen MR) is 88.4 cm³/mol. The maximum Gasteiger partial charge on any atom is 0.253 e. The standard InChI is InChI=1S/C18H18N4O/c1-13-17(12-20-18(23)15-7-6-10-19-11-15)14(2)22(21-13)16-8-4-3-5-9-16/h3-11H,12H2,1-2H3,(H,20,23). The molecule has 1 aromatic carbocycles. The van der Waals surface area contributed by atoms with Crippen molar-refractivity contribution in [3.8, 4) is 5.69 Å². The Morgan fingerprint density at radius 2 is 1.91 bits per heavy atom. The first-order valence-electron chi connectivity index (χ1n) is 7.45. The first-order chi connectivity index (χ1) is 11.2. The highest BCUT2D eigenvalue weighted by atomic mass is 16.1. The van der Waals surface area contributed by atoms with E-state index in [0.29, 0.717) is 12.1 Å². The van der Waals surface area contributed by atoms with Crippen LogP contribution < -0.4 is 5.32 Å². The predicted octanol–water partition coefficient (Wildman–Crippen LogP) is 2.81. The van der Waals surface area contributed by atoms with E-state index >= 15 is 0 Å². The van der Waals surface area contributed by atoms with Gasteiger partial charge in [0.15, 0.2) is 0 Å². The molecule has 3 aromatic rings. The Hall–Kier alpha value is -2.95. The van der Waals surface area contributed by atoms with Crippen LogP contribution in [0.2, 0.25) is 0 Å². The zero-order valence-corrected chi connectivity index (χ0v) is 13.2. The van der Waals surface area contributed by atoms with Gasteiger partial charge in [0.2, 0.25) is 0 Å². The number of hydrogen-bond donors (Lipinski definition) is 1. The maximum atomic E-state index is 12.1. The van der Waals surface area contributed by atoms with Gasteiger partial charge in [0.25, 0.3) is 5.91 Å². The van der Waals surface area contributed by atoms with Crippen molar-refractivity contribution < 1.29 is 4.79 Å². The van der Waals surface area contributed by atoms with E-state index in [4.69, 9.17) is 0 Å². The summed E-state index contributed by atoms with van der Waals surface area (Å²) in [6.07, 6.45) is 3.21. The highest BCUT2D eigenvalue weighted by Gasteiger charge is 2.14. The van der Waals surface area contributed by atoms with Gasteiger partial charge in [-0.15, -0.1) is 0 Å². The van der Waals surface area contributed by atoms with Gasteiger partial charge < -0.3 is 5.32 Å². The number of hydrogen-bond acceptors (Lipinski definition) is 3. The van der Waals surface area contributed by atoms with Crippen molar-refractivity contribution in [2.45, 2.75) is 20.4 Å². The molecule has 5 heteroatoms. The van der Waals surface area contributed by atoms with E-state index in [9.17, 15) is 4.79 Å². The quantitative estimate of drug-likeness (QED) is 0.806. The number of para-hydroxylation sites is 1. The number of amides is 1. The number of benzene rings is 1. The van der Waals surface area contributed by atoms with Gasteiger partial charge in [0.1, 0.15) is 0 Å². The zero-order chi connectivity index (χ0) is 16.2. The zero-order valence-electron chi connectivity index (χ0n) is 13.2. The van der Waals surface area contributed by atoms with Crippen molar-refractivity contribution in [3.63, 3.8) is 0 Å². The SMILES string of the molecule is Cc1nn(-c2ccccc2)c(C)c1CNC(=O)c1cccnc1. The third-order valence-corrected chi connectivity index (χ3v) is 3.79. The summed E-state index contributed by atoms with van der Waals surface area (Å²) in [6, 6.07) is 13.5. The molecule has 2 heterocycles. The fraction of sp³-hybridized carbons (Fsp3) is 0.167. The van der Waals surface area contributed by atoms with Gasteiger partial charge in [-0.2, -0.15) is 5.10 Å². The van der Waals surface area contributed by atoms with Crippen LogP contribution in [0.25, 0.3) is 5.69 Å². The summed E-state index contributed by atoms with van der Waals surface area (Å²) in [5.74, 6) is -0.135. The summed E-state index contributed by atoms with van der Waals surface area (Å²) in [7, 11) is 0. The molecule has 0 atom stereocenters. The number of nitrogens with zero attached hydrogens (tertiary/aromatic N) is 3. The number of pyridine rings is 1. The van der Waals surface area contributed by atoms with Crippen LogP contribution in [0.3, 0.4) is 0 Å². The molecule has 116 valence electrons. The average Bonchev–Trinajstić information content (AvgIpc) is 2.88. The maximum absolute atomic E-state index is 12.1. The largest absolute Gasteiger partial charge is 0.348 e.